The van der Waals surface area contributed by atoms with E-state index in [9.17, 15) is 9.90 Å². The Kier molecular flexibility index (Phi) is 3.94. The highest BCUT2D eigenvalue weighted by atomic mass is 16.3. The third-order valence-electron chi connectivity index (χ3n) is 7.17. The summed E-state index contributed by atoms with van der Waals surface area (Å²) < 4.78 is 0. The van der Waals surface area contributed by atoms with Crippen LogP contribution in [0.25, 0.3) is 0 Å². The lowest BCUT2D eigenvalue weighted by Crippen LogP contribution is -2.40. The first kappa shape index (κ1) is 16.1. The molecule has 0 aliphatic heterocycles. The molecule has 0 amide bonds. The van der Waals surface area contributed by atoms with E-state index in [0.29, 0.717) is 24.2 Å². The molecule has 0 aromatic rings. The van der Waals surface area contributed by atoms with Gasteiger partial charge in [0.05, 0.1) is 0 Å². The van der Waals surface area contributed by atoms with Gasteiger partial charge in [-0.25, -0.2) is 0 Å². The molecule has 128 valence electrons. The van der Waals surface area contributed by atoms with Crippen LogP contribution in [0.4, 0.5) is 0 Å². The second-order valence-corrected chi connectivity index (χ2v) is 8.16. The molecule has 4 aliphatic rings. The maximum Gasteiger partial charge on any atom is 0.184 e. The summed E-state index contributed by atoms with van der Waals surface area (Å²) in [5.41, 5.74) is 4.26. The topological polar surface area (TPSA) is 57.5 Å². The molecule has 1 unspecified atom stereocenters. The minimum atomic E-state index is -0.838. The minimum absolute atomic E-state index is 0.0456. The van der Waals surface area contributed by atoms with Crippen molar-refractivity contribution in [1.29, 1.82) is 0 Å². The molecule has 5 atom stereocenters. The van der Waals surface area contributed by atoms with Crippen LogP contribution in [-0.4, -0.2) is 28.7 Å². The molecule has 4 rings (SSSR count). The first-order valence-corrected chi connectivity index (χ1v) is 9.28. The van der Waals surface area contributed by atoms with E-state index in [-0.39, 0.29) is 17.8 Å². The van der Waals surface area contributed by atoms with E-state index in [1.54, 1.807) is 6.08 Å². The van der Waals surface area contributed by atoms with Crippen molar-refractivity contribution in [1.82, 2.24) is 0 Å². The van der Waals surface area contributed by atoms with Crippen LogP contribution in [0.2, 0.25) is 0 Å². The van der Waals surface area contributed by atoms with Crippen molar-refractivity contribution >= 4 is 5.78 Å². The monoisotopic (exact) mass is 326 g/mol. The predicted octanol–water partition coefficient (Wildman–Crippen LogP) is 2.78. The second kappa shape index (κ2) is 5.86. The summed E-state index contributed by atoms with van der Waals surface area (Å²) in [5.74, 6) is 7.75. The summed E-state index contributed by atoms with van der Waals surface area (Å²) in [6.07, 6.45) is 8.04. The van der Waals surface area contributed by atoms with E-state index in [2.05, 4.69) is 18.8 Å². The zero-order valence-corrected chi connectivity index (χ0v) is 14.3. The molecule has 4 aliphatic carbocycles. The van der Waals surface area contributed by atoms with Crippen LogP contribution < -0.4 is 0 Å². The second-order valence-electron chi connectivity index (χ2n) is 8.16. The van der Waals surface area contributed by atoms with Gasteiger partial charge in [0.15, 0.2) is 5.78 Å². The van der Waals surface area contributed by atoms with Crippen LogP contribution in [0.5, 0.6) is 0 Å². The van der Waals surface area contributed by atoms with Crippen LogP contribution in [0.15, 0.2) is 22.8 Å². The molecule has 0 aromatic heterocycles. The molecule has 3 heteroatoms. The Balaban J connectivity index is 1.68. The average molecular weight is 326 g/mol. The van der Waals surface area contributed by atoms with Gasteiger partial charge in [0.25, 0.3) is 0 Å². The molecule has 0 heterocycles. The lowest BCUT2D eigenvalue weighted by molar-refractivity contribution is -0.122. The fourth-order valence-electron chi connectivity index (χ4n) is 5.92. The van der Waals surface area contributed by atoms with Gasteiger partial charge in [0.2, 0.25) is 0 Å². The normalized spacial score (nSPS) is 41.0. The third-order valence-corrected chi connectivity index (χ3v) is 7.17. The molecular formula is C21H26O3. The summed E-state index contributed by atoms with van der Waals surface area (Å²) in [6.45, 7) is 2.35. The highest BCUT2D eigenvalue weighted by Gasteiger charge is 2.53. The lowest BCUT2D eigenvalue weighted by Gasteiger charge is -2.48. The zero-order valence-electron chi connectivity index (χ0n) is 14.3. The highest BCUT2D eigenvalue weighted by molar-refractivity contribution is 5.96. The molecule has 0 bridgehead atoms. The summed E-state index contributed by atoms with van der Waals surface area (Å²) in [7, 11) is 0. The molecule has 0 radical (unpaired) electrons. The van der Waals surface area contributed by atoms with Gasteiger partial charge >= 0.3 is 0 Å². The van der Waals surface area contributed by atoms with Gasteiger partial charge in [-0.15, -0.1) is 0 Å². The van der Waals surface area contributed by atoms with Crippen molar-refractivity contribution in [2.24, 2.45) is 23.2 Å². The smallest absolute Gasteiger partial charge is 0.184 e. The number of fused-ring (bicyclic) bond motifs is 4. The number of hydrogen-bond donors (Lipinski definition) is 2. The first-order chi connectivity index (χ1) is 11.5. The van der Waals surface area contributed by atoms with Crippen molar-refractivity contribution in [3.8, 4) is 11.8 Å². The molecule has 0 aromatic carbocycles. The minimum Gasteiger partial charge on any atom is -0.385 e. The maximum absolute atomic E-state index is 11.8. The number of rotatable bonds is 0. The van der Waals surface area contributed by atoms with Gasteiger partial charge in [0, 0.05) is 12.3 Å². The lowest BCUT2D eigenvalue weighted by atomic mass is 9.56. The van der Waals surface area contributed by atoms with Crippen molar-refractivity contribution in [2.45, 2.75) is 58.0 Å². The van der Waals surface area contributed by atoms with Gasteiger partial charge in [-0.2, -0.15) is 0 Å². The van der Waals surface area contributed by atoms with Gasteiger partial charge in [0.1, 0.15) is 12.7 Å². The predicted molar refractivity (Wildman–Crippen MR) is 91.9 cm³/mol. The van der Waals surface area contributed by atoms with Crippen LogP contribution in [-0.2, 0) is 4.79 Å². The summed E-state index contributed by atoms with van der Waals surface area (Å²) in [6, 6.07) is 0. The SMILES string of the molecule is C[C@]12CCC3=C4CC(O)C(=O)C=C4CC[C@H]3[C@@H]1CC[C@H]2C#CCO. The Bertz CT molecular complexity index is 690. The number of carbonyl (C=O) groups excluding carboxylic acids is 1. The van der Waals surface area contributed by atoms with E-state index in [0.717, 1.165) is 32.1 Å². The maximum atomic E-state index is 11.8. The molecular weight excluding hydrogens is 300 g/mol. The Morgan fingerprint density at radius 2 is 2.12 bits per heavy atom. The number of aliphatic hydroxyl groups excluding tert-OH is 2. The Labute approximate surface area is 143 Å². The van der Waals surface area contributed by atoms with Gasteiger partial charge in [-0.1, -0.05) is 24.3 Å². The van der Waals surface area contributed by atoms with E-state index < -0.39 is 6.10 Å². The van der Waals surface area contributed by atoms with Crippen molar-refractivity contribution < 1.29 is 15.0 Å². The Morgan fingerprint density at radius 1 is 1.29 bits per heavy atom. The van der Waals surface area contributed by atoms with E-state index in [1.807, 2.05) is 0 Å². The summed E-state index contributed by atoms with van der Waals surface area (Å²) in [5, 5.41) is 19.0. The molecule has 2 saturated carbocycles. The molecule has 2 N–H and O–H groups in total. The summed E-state index contributed by atoms with van der Waals surface area (Å²) in [4.78, 5) is 11.8. The number of hydrogen-bond acceptors (Lipinski definition) is 3. The van der Waals surface area contributed by atoms with Crippen molar-refractivity contribution in [3.05, 3.63) is 22.8 Å². The van der Waals surface area contributed by atoms with Gasteiger partial charge < -0.3 is 10.2 Å². The molecule has 0 saturated heterocycles. The van der Waals surface area contributed by atoms with Gasteiger partial charge in [-0.3, -0.25) is 4.79 Å². The molecule has 0 spiro atoms. The Hall–Kier alpha value is -1.37. The molecule has 2 fully saturated rings. The quantitative estimate of drug-likeness (QED) is 0.673. The van der Waals surface area contributed by atoms with Crippen LogP contribution in [0.3, 0.4) is 0 Å². The van der Waals surface area contributed by atoms with Crippen LogP contribution in [0, 0.1) is 35.0 Å². The van der Waals surface area contributed by atoms with E-state index in [4.69, 9.17) is 5.11 Å². The molecule has 3 nitrogen and oxygen atoms in total. The fourth-order valence-corrected chi connectivity index (χ4v) is 5.92. The summed E-state index contributed by atoms with van der Waals surface area (Å²) >= 11 is 0. The number of carbonyl (C=O) groups is 1. The largest absolute Gasteiger partial charge is 0.385 e. The van der Waals surface area contributed by atoms with Crippen molar-refractivity contribution in [3.63, 3.8) is 0 Å². The number of ketones is 1. The van der Waals surface area contributed by atoms with Gasteiger partial charge in [-0.05, 0) is 73.0 Å². The first-order valence-electron chi connectivity index (χ1n) is 9.28. The van der Waals surface area contributed by atoms with Crippen molar-refractivity contribution in [2.75, 3.05) is 6.61 Å². The van der Waals surface area contributed by atoms with Crippen LogP contribution >= 0.6 is 0 Å². The highest BCUT2D eigenvalue weighted by Crippen LogP contribution is 2.61. The number of allylic oxidation sites excluding steroid dienone is 2. The average Bonchev–Trinajstić information content (AvgIpc) is 2.90. The Morgan fingerprint density at radius 3 is 2.92 bits per heavy atom. The third kappa shape index (κ3) is 2.31. The zero-order chi connectivity index (χ0) is 16.9. The molecule has 24 heavy (non-hydrogen) atoms. The number of aliphatic hydroxyl groups is 2. The van der Waals surface area contributed by atoms with Crippen LogP contribution in [0.1, 0.15) is 51.9 Å². The fraction of sp³-hybridized carbons (Fsp3) is 0.667. The standard InChI is InChI=1S/C21H26O3/c1-21-9-8-15-16(18(21)7-5-14(21)3-2-10-22)6-4-13-11-19(23)20(24)12-17(13)15/h11,14,16,18,20,22,24H,4-10,12H2,1H3/t14-,16-,18+,20?,21-/m1/s1. The van der Waals surface area contributed by atoms with E-state index in [1.165, 1.54) is 23.1 Å². The van der Waals surface area contributed by atoms with E-state index >= 15 is 0 Å².